The molecule has 2 amide bonds. The molecule has 0 saturated carbocycles. The number of methoxy groups -OCH3 is 1. The van der Waals surface area contributed by atoms with Crippen molar-refractivity contribution in [3.05, 3.63) is 60.1 Å². The fraction of sp³-hybridized carbons (Fsp3) is 0.261. The maximum atomic E-state index is 13.3. The van der Waals surface area contributed by atoms with E-state index in [0.29, 0.717) is 41.0 Å². The predicted molar refractivity (Wildman–Crippen MR) is 130 cm³/mol. The molecule has 1 saturated heterocycles. The van der Waals surface area contributed by atoms with E-state index in [2.05, 4.69) is 11.9 Å². The molecule has 168 valence electrons. The van der Waals surface area contributed by atoms with E-state index >= 15 is 0 Å². The Hall–Kier alpha value is -3.10. The van der Waals surface area contributed by atoms with Crippen molar-refractivity contribution in [1.29, 1.82) is 0 Å². The van der Waals surface area contributed by atoms with Crippen molar-refractivity contribution in [1.82, 2.24) is 4.90 Å². The normalized spacial score (nSPS) is 15.7. The molecule has 3 rings (SSSR count). The average Bonchev–Trinajstić information content (AvgIpc) is 2.99. The minimum atomic E-state index is -0.760. The highest BCUT2D eigenvalue weighted by Gasteiger charge is 2.43. The van der Waals surface area contributed by atoms with Gasteiger partial charge in [-0.1, -0.05) is 17.7 Å². The van der Waals surface area contributed by atoms with Crippen LogP contribution < -0.4 is 19.7 Å². The number of benzene rings is 2. The molecule has 2 aromatic carbocycles. The highest BCUT2D eigenvalue weighted by atomic mass is 35.5. The van der Waals surface area contributed by atoms with Gasteiger partial charge < -0.3 is 19.7 Å². The molecule has 0 aromatic heterocycles. The van der Waals surface area contributed by atoms with E-state index in [1.165, 1.54) is 12.0 Å². The SMILES string of the molecule is C=CCN1C(=S)N(c2ccc(OC)c(Cl)c2)C(=O)C1CC(=O)Nc1ccc(OCC)cc1. The molecule has 0 radical (unpaired) electrons. The van der Waals surface area contributed by atoms with Gasteiger partial charge >= 0.3 is 0 Å². The highest BCUT2D eigenvalue weighted by molar-refractivity contribution is 7.80. The van der Waals surface area contributed by atoms with Gasteiger partial charge in [0.25, 0.3) is 5.91 Å². The second-order valence-corrected chi connectivity index (χ2v) is 7.71. The first-order chi connectivity index (χ1) is 15.4. The zero-order valence-corrected chi connectivity index (χ0v) is 19.4. The van der Waals surface area contributed by atoms with Gasteiger partial charge in [0.1, 0.15) is 17.5 Å². The Labute approximate surface area is 197 Å². The Morgan fingerprint density at radius 2 is 2.00 bits per heavy atom. The highest BCUT2D eigenvalue weighted by Crippen LogP contribution is 2.33. The quantitative estimate of drug-likeness (QED) is 0.433. The Bertz CT molecular complexity index is 1030. The Morgan fingerprint density at radius 3 is 2.59 bits per heavy atom. The number of carbonyl (C=O) groups is 2. The minimum absolute atomic E-state index is 0.0690. The van der Waals surface area contributed by atoms with Crippen LogP contribution in [0.5, 0.6) is 11.5 Å². The van der Waals surface area contributed by atoms with Crippen LogP contribution in [0.1, 0.15) is 13.3 Å². The van der Waals surface area contributed by atoms with Gasteiger partial charge in [-0.25, -0.2) is 0 Å². The number of amides is 2. The van der Waals surface area contributed by atoms with E-state index in [9.17, 15) is 9.59 Å². The standard InChI is InChI=1S/C23H24ClN3O4S/c1-4-12-26-19(14-21(28)25-15-6-9-17(10-7-15)31-5-2)22(29)27(23(26)32)16-8-11-20(30-3)18(24)13-16/h4,6-11,13,19H,1,5,12,14H2,2-3H3,(H,25,28). The molecule has 32 heavy (non-hydrogen) atoms. The van der Waals surface area contributed by atoms with Gasteiger partial charge in [-0.3, -0.25) is 14.5 Å². The third-order valence-electron chi connectivity index (χ3n) is 4.87. The van der Waals surface area contributed by atoms with Gasteiger partial charge in [0, 0.05) is 12.2 Å². The number of nitrogens with zero attached hydrogens (tertiary/aromatic N) is 2. The van der Waals surface area contributed by atoms with Crippen LogP contribution in [0.25, 0.3) is 0 Å². The summed E-state index contributed by atoms with van der Waals surface area (Å²) in [6.07, 6.45) is 1.57. The third kappa shape index (κ3) is 5.03. The van der Waals surface area contributed by atoms with Crippen LogP contribution in [0.3, 0.4) is 0 Å². The van der Waals surface area contributed by atoms with Gasteiger partial charge in [0.05, 0.1) is 30.8 Å². The molecule has 1 atom stereocenters. The van der Waals surface area contributed by atoms with Gasteiger partial charge in [0.15, 0.2) is 5.11 Å². The number of nitrogens with one attached hydrogen (secondary N) is 1. The van der Waals surface area contributed by atoms with Gasteiger partial charge in [0.2, 0.25) is 5.91 Å². The van der Waals surface area contributed by atoms with Crippen LogP contribution in [0.2, 0.25) is 5.02 Å². The summed E-state index contributed by atoms with van der Waals surface area (Å²) in [5.74, 6) is 0.592. The van der Waals surface area contributed by atoms with Crippen LogP contribution in [-0.2, 0) is 9.59 Å². The fourth-order valence-corrected chi connectivity index (χ4v) is 4.05. The summed E-state index contributed by atoms with van der Waals surface area (Å²) < 4.78 is 10.6. The molecule has 1 unspecified atom stereocenters. The van der Waals surface area contributed by atoms with E-state index in [1.54, 1.807) is 53.4 Å². The summed E-state index contributed by atoms with van der Waals surface area (Å²) >= 11 is 11.8. The van der Waals surface area contributed by atoms with E-state index in [0.717, 1.165) is 0 Å². The van der Waals surface area contributed by atoms with Crippen molar-refractivity contribution in [2.45, 2.75) is 19.4 Å². The summed E-state index contributed by atoms with van der Waals surface area (Å²) in [6.45, 7) is 6.53. The van der Waals surface area contributed by atoms with Crippen molar-refractivity contribution >= 4 is 52.1 Å². The molecule has 0 bridgehead atoms. The van der Waals surface area contributed by atoms with Crippen LogP contribution in [0.4, 0.5) is 11.4 Å². The zero-order chi connectivity index (χ0) is 23.3. The Balaban J connectivity index is 1.77. The van der Waals surface area contributed by atoms with Crippen molar-refractivity contribution in [3.63, 3.8) is 0 Å². The number of hydrogen-bond donors (Lipinski definition) is 1. The maximum Gasteiger partial charge on any atom is 0.256 e. The van der Waals surface area contributed by atoms with Crippen molar-refractivity contribution in [2.24, 2.45) is 0 Å². The number of rotatable bonds is 9. The molecule has 0 spiro atoms. The Morgan fingerprint density at radius 1 is 1.28 bits per heavy atom. The number of ether oxygens (including phenoxy) is 2. The first kappa shape index (κ1) is 23.6. The van der Waals surface area contributed by atoms with Crippen molar-refractivity contribution < 1.29 is 19.1 Å². The lowest BCUT2D eigenvalue weighted by atomic mass is 10.1. The lowest BCUT2D eigenvalue weighted by molar-refractivity contribution is -0.124. The second-order valence-electron chi connectivity index (χ2n) is 6.94. The third-order valence-corrected chi connectivity index (χ3v) is 5.58. The van der Waals surface area contributed by atoms with Gasteiger partial charge in [-0.15, -0.1) is 6.58 Å². The van der Waals surface area contributed by atoms with E-state index in [1.807, 2.05) is 6.92 Å². The topological polar surface area (TPSA) is 71.1 Å². The molecule has 1 aliphatic rings. The Kier molecular flexibility index (Phi) is 7.71. The molecule has 1 heterocycles. The van der Waals surface area contributed by atoms with Crippen LogP contribution in [-0.4, -0.2) is 48.1 Å². The summed E-state index contributed by atoms with van der Waals surface area (Å²) in [5, 5.41) is 3.46. The molecule has 1 fully saturated rings. The molecule has 1 aliphatic heterocycles. The number of anilines is 2. The summed E-state index contributed by atoms with van der Waals surface area (Å²) in [7, 11) is 1.51. The largest absolute Gasteiger partial charge is 0.495 e. The first-order valence-electron chi connectivity index (χ1n) is 10.0. The van der Waals surface area contributed by atoms with Crippen molar-refractivity contribution in [3.8, 4) is 11.5 Å². The molecule has 7 nitrogen and oxygen atoms in total. The fourth-order valence-electron chi connectivity index (χ4n) is 3.40. The first-order valence-corrected chi connectivity index (χ1v) is 10.8. The van der Waals surface area contributed by atoms with E-state index in [-0.39, 0.29) is 23.3 Å². The molecular weight excluding hydrogens is 450 g/mol. The minimum Gasteiger partial charge on any atom is -0.495 e. The smallest absolute Gasteiger partial charge is 0.256 e. The number of hydrogen-bond acceptors (Lipinski definition) is 5. The van der Waals surface area contributed by atoms with E-state index in [4.69, 9.17) is 33.3 Å². The molecule has 9 heteroatoms. The average molecular weight is 474 g/mol. The summed E-state index contributed by atoms with van der Waals surface area (Å²) in [5.41, 5.74) is 1.12. The number of halogens is 1. The monoisotopic (exact) mass is 473 g/mol. The lowest BCUT2D eigenvalue weighted by Gasteiger charge is -2.22. The number of thiocarbonyl (C=S) groups is 1. The van der Waals surface area contributed by atoms with Crippen LogP contribution in [0.15, 0.2) is 55.1 Å². The van der Waals surface area contributed by atoms with Gasteiger partial charge in [-0.2, -0.15) is 0 Å². The maximum absolute atomic E-state index is 13.3. The molecule has 0 aliphatic carbocycles. The van der Waals surface area contributed by atoms with Crippen molar-refractivity contribution in [2.75, 3.05) is 30.5 Å². The van der Waals surface area contributed by atoms with Crippen LogP contribution in [0, 0.1) is 0 Å². The predicted octanol–water partition coefficient (Wildman–Crippen LogP) is 4.26. The number of carbonyl (C=O) groups excluding carboxylic acids is 2. The molecular formula is C23H24ClN3O4S. The van der Waals surface area contributed by atoms with Crippen LogP contribution >= 0.6 is 23.8 Å². The zero-order valence-electron chi connectivity index (χ0n) is 17.8. The summed E-state index contributed by atoms with van der Waals surface area (Å²) in [4.78, 5) is 29.0. The van der Waals surface area contributed by atoms with E-state index < -0.39 is 6.04 Å². The summed E-state index contributed by atoms with van der Waals surface area (Å²) in [6, 6.07) is 11.3. The lowest BCUT2D eigenvalue weighted by Crippen LogP contribution is -2.37. The van der Waals surface area contributed by atoms with Gasteiger partial charge in [-0.05, 0) is 61.6 Å². The molecule has 2 aromatic rings. The molecule has 1 N–H and O–H groups in total. The second kappa shape index (κ2) is 10.5.